The van der Waals surface area contributed by atoms with Crippen LogP contribution in [0.4, 0.5) is 5.69 Å². The summed E-state index contributed by atoms with van der Waals surface area (Å²) in [7, 11) is 0. The van der Waals surface area contributed by atoms with E-state index in [1.807, 2.05) is 0 Å². The highest BCUT2D eigenvalue weighted by Crippen LogP contribution is 2.26. The Balaban J connectivity index is 3.18. The number of carboxylic acid groups (broad SMARTS) is 1. The quantitative estimate of drug-likeness (QED) is 0.363. The maximum atomic E-state index is 11.9. The van der Waals surface area contributed by atoms with Crippen molar-refractivity contribution in [1.82, 2.24) is 4.98 Å². The average molecular weight is 282 g/mol. The number of aliphatic carboxylic acids is 1. The highest BCUT2D eigenvalue weighted by atomic mass is 16.6. The van der Waals surface area contributed by atoms with E-state index in [1.54, 1.807) is 13.8 Å². The van der Waals surface area contributed by atoms with Crippen molar-refractivity contribution in [3.63, 3.8) is 0 Å². The number of nitrogens with zero attached hydrogens (tertiary/aromatic N) is 2. The molecule has 1 N–H and O–H groups in total. The van der Waals surface area contributed by atoms with E-state index in [4.69, 9.17) is 9.84 Å². The van der Waals surface area contributed by atoms with Crippen LogP contribution >= 0.6 is 0 Å². The molecule has 108 valence electrons. The molecule has 1 aromatic heterocycles. The summed E-state index contributed by atoms with van der Waals surface area (Å²) in [5, 5.41) is 20.0. The van der Waals surface area contributed by atoms with Gasteiger partial charge >= 0.3 is 11.9 Å². The Morgan fingerprint density at radius 3 is 2.70 bits per heavy atom. The number of esters is 1. The van der Waals surface area contributed by atoms with Crippen LogP contribution in [0.5, 0.6) is 0 Å². The van der Waals surface area contributed by atoms with Crippen LogP contribution < -0.4 is 0 Å². The lowest BCUT2D eigenvalue weighted by Crippen LogP contribution is -2.28. The lowest BCUT2D eigenvalue weighted by Gasteiger charge is -2.15. The van der Waals surface area contributed by atoms with Gasteiger partial charge in [0.1, 0.15) is 5.69 Å². The van der Waals surface area contributed by atoms with Gasteiger partial charge in [-0.15, -0.1) is 0 Å². The number of rotatable bonds is 6. The third-order valence-electron chi connectivity index (χ3n) is 2.66. The molecule has 0 saturated heterocycles. The van der Waals surface area contributed by atoms with Crippen molar-refractivity contribution in [2.75, 3.05) is 0 Å². The van der Waals surface area contributed by atoms with Gasteiger partial charge in [-0.1, -0.05) is 6.92 Å². The molecule has 0 aromatic carbocycles. The predicted octanol–water partition coefficient (Wildman–Crippen LogP) is 1.50. The van der Waals surface area contributed by atoms with Gasteiger partial charge in [-0.05, 0) is 19.4 Å². The summed E-state index contributed by atoms with van der Waals surface area (Å²) in [5.41, 5.74) is -0.959. The minimum Gasteiger partial charge on any atom is -0.480 e. The summed E-state index contributed by atoms with van der Waals surface area (Å²) >= 11 is 0. The summed E-state index contributed by atoms with van der Waals surface area (Å²) < 4.78 is 4.93. The predicted molar refractivity (Wildman–Crippen MR) is 67.1 cm³/mol. The highest BCUT2D eigenvalue weighted by molar-refractivity contribution is 6.00. The smallest absolute Gasteiger partial charge is 0.327 e. The molecular weight excluding hydrogens is 268 g/mol. The first-order chi connectivity index (χ1) is 9.38. The van der Waals surface area contributed by atoms with Crippen LogP contribution in [0, 0.1) is 10.1 Å². The normalized spacial score (nSPS) is 13.3. The van der Waals surface area contributed by atoms with E-state index in [0.29, 0.717) is 6.42 Å². The molecule has 0 aliphatic carbocycles. The fraction of sp³-hybridized carbons (Fsp3) is 0.417. The number of nitro groups is 1. The van der Waals surface area contributed by atoms with Gasteiger partial charge in [0.15, 0.2) is 0 Å². The molecule has 2 atom stereocenters. The third-order valence-corrected chi connectivity index (χ3v) is 2.66. The zero-order valence-electron chi connectivity index (χ0n) is 11.0. The first-order valence-electron chi connectivity index (χ1n) is 5.91. The lowest BCUT2D eigenvalue weighted by molar-refractivity contribution is -0.386. The fourth-order valence-corrected chi connectivity index (χ4v) is 1.46. The molecule has 0 radical (unpaired) electrons. The van der Waals surface area contributed by atoms with E-state index >= 15 is 0 Å². The van der Waals surface area contributed by atoms with Crippen molar-refractivity contribution in [3.8, 4) is 0 Å². The number of carbonyl (C=O) groups is 2. The van der Waals surface area contributed by atoms with Crippen molar-refractivity contribution in [2.24, 2.45) is 0 Å². The van der Waals surface area contributed by atoms with Gasteiger partial charge in [0.2, 0.25) is 5.92 Å². The first kappa shape index (κ1) is 15.5. The number of carbonyl (C=O) groups excluding carboxylic acids is 1. The van der Waals surface area contributed by atoms with E-state index in [1.165, 1.54) is 12.3 Å². The Kier molecular flexibility index (Phi) is 5.13. The highest BCUT2D eigenvalue weighted by Gasteiger charge is 2.37. The molecular formula is C12H14N2O6. The van der Waals surface area contributed by atoms with Crippen molar-refractivity contribution in [3.05, 3.63) is 34.1 Å². The fourth-order valence-electron chi connectivity index (χ4n) is 1.46. The van der Waals surface area contributed by atoms with Gasteiger partial charge < -0.3 is 9.84 Å². The van der Waals surface area contributed by atoms with Crippen LogP contribution in [0.15, 0.2) is 18.3 Å². The summed E-state index contributed by atoms with van der Waals surface area (Å²) in [4.78, 5) is 36.8. The molecule has 1 rings (SSSR count). The standard InChI is InChI=1S/C12H14N2O6/c1-3-7(2)20-12(17)9(11(15)16)10-8(14(18)19)5-4-6-13-10/h4-7,9H,3H2,1-2H3,(H,15,16). The number of hydrogen-bond acceptors (Lipinski definition) is 6. The van der Waals surface area contributed by atoms with Crippen LogP contribution in [0.3, 0.4) is 0 Å². The summed E-state index contributed by atoms with van der Waals surface area (Å²) in [6.45, 7) is 3.36. The van der Waals surface area contributed by atoms with E-state index in [2.05, 4.69) is 4.98 Å². The van der Waals surface area contributed by atoms with Gasteiger partial charge in [0, 0.05) is 12.3 Å². The van der Waals surface area contributed by atoms with Crippen LogP contribution in [-0.4, -0.2) is 33.1 Å². The molecule has 8 heteroatoms. The molecule has 20 heavy (non-hydrogen) atoms. The number of pyridine rings is 1. The Morgan fingerprint density at radius 2 is 2.20 bits per heavy atom. The minimum absolute atomic E-state index is 0.432. The molecule has 0 aliphatic heterocycles. The molecule has 0 fully saturated rings. The molecule has 1 aromatic rings. The van der Waals surface area contributed by atoms with Crippen LogP contribution in [0.2, 0.25) is 0 Å². The van der Waals surface area contributed by atoms with E-state index in [0.717, 1.165) is 6.07 Å². The Labute approximate surface area is 114 Å². The number of ether oxygens (including phenoxy) is 1. The van der Waals surface area contributed by atoms with Gasteiger partial charge in [0.25, 0.3) is 5.69 Å². The number of carboxylic acids is 1. The molecule has 0 bridgehead atoms. The largest absolute Gasteiger partial charge is 0.480 e. The number of hydrogen-bond donors (Lipinski definition) is 1. The molecule has 1 heterocycles. The second-order valence-corrected chi connectivity index (χ2v) is 4.09. The maximum Gasteiger partial charge on any atom is 0.327 e. The number of aromatic nitrogens is 1. The second-order valence-electron chi connectivity index (χ2n) is 4.09. The summed E-state index contributed by atoms with van der Waals surface area (Å²) in [6.07, 6.45) is 1.21. The third kappa shape index (κ3) is 3.50. The topological polar surface area (TPSA) is 120 Å². The Morgan fingerprint density at radius 1 is 1.55 bits per heavy atom. The lowest BCUT2D eigenvalue weighted by atomic mass is 10.0. The molecule has 0 amide bonds. The SMILES string of the molecule is CCC(C)OC(=O)C(C(=O)O)c1ncccc1[N+](=O)[O-]. The molecule has 8 nitrogen and oxygen atoms in total. The van der Waals surface area contributed by atoms with E-state index in [-0.39, 0.29) is 0 Å². The Bertz CT molecular complexity index is 530. The molecule has 0 saturated carbocycles. The maximum absolute atomic E-state index is 11.9. The van der Waals surface area contributed by atoms with Crippen LogP contribution in [0.25, 0.3) is 0 Å². The minimum atomic E-state index is -1.81. The van der Waals surface area contributed by atoms with Crippen molar-refractivity contribution in [2.45, 2.75) is 32.3 Å². The Hall–Kier alpha value is -2.51. The van der Waals surface area contributed by atoms with E-state index < -0.39 is 40.3 Å². The second kappa shape index (κ2) is 6.60. The van der Waals surface area contributed by atoms with Crippen LogP contribution in [-0.2, 0) is 14.3 Å². The summed E-state index contributed by atoms with van der Waals surface area (Å²) in [5.74, 6) is -4.42. The van der Waals surface area contributed by atoms with Gasteiger partial charge in [-0.25, -0.2) is 0 Å². The summed E-state index contributed by atoms with van der Waals surface area (Å²) in [6, 6.07) is 2.38. The van der Waals surface area contributed by atoms with Crippen LogP contribution in [0.1, 0.15) is 31.9 Å². The zero-order chi connectivity index (χ0) is 15.3. The van der Waals surface area contributed by atoms with Gasteiger partial charge in [-0.3, -0.25) is 24.7 Å². The van der Waals surface area contributed by atoms with E-state index in [9.17, 15) is 19.7 Å². The molecule has 0 spiro atoms. The first-order valence-corrected chi connectivity index (χ1v) is 5.91. The van der Waals surface area contributed by atoms with Crippen molar-refractivity contribution < 1.29 is 24.4 Å². The average Bonchev–Trinajstić information content (AvgIpc) is 2.38. The van der Waals surface area contributed by atoms with Gasteiger partial charge in [0.05, 0.1) is 11.0 Å². The molecule has 2 unspecified atom stereocenters. The van der Waals surface area contributed by atoms with Crippen molar-refractivity contribution in [1.29, 1.82) is 0 Å². The monoisotopic (exact) mass is 282 g/mol. The van der Waals surface area contributed by atoms with Crippen molar-refractivity contribution >= 4 is 17.6 Å². The molecule has 0 aliphatic rings. The van der Waals surface area contributed by atoms with Gasteiger partial charge in [-0.2, -0.15) is 0 Å². The zero-order valence-corrected chi connectivity index (χ0v) is 11.0.